The van der Waals surface area contributed by atoms with Crippen molar-refractivity contribution in [2.75, 3.05) is 0 Å². The Morgan fingerprint density at radius 1 is 1.40 bits per heavy atom. The summed E-state index contributed by atoms with van der Waals surface area (Å²) in [5.41, 5.74) is 3.75. The molecule has 0 bridgehead atoms. The quantitative estimate of drug-likeness (QED) is 0.552. The van der Waals surface area contributed by atoms with Crippen molar-refractivity contribution in [3.63, 3.8) is 0 Å². The predicted molar refractivity (Wildman–Crippen MR) is 50.5 cm³/mol. The first kappa shape index (κ1) is 8.04. The minimum Gasteiger partial charge on any atom is -0.260 e. The first-order valence-electron chi connectivity index (χ1n) is 3.23. The van der Waals surface area contributed by atoms with Crippen molar-refractivity contribution in [3.05, 3.63) is 17.0 Å². The maximum atomic E-state index is 4.34. The Hall–Kier alpha value is -0.0600. The van der Waals surface area contributed by atoms with Crippen LogP contribution in [0.25, 0.3) is 0 Å². The van der Waals surface area contributed by atoms with E-state index in [0.717, 1.165) is 10.2 Å². The fraction of sp³-hybridized carbons (Fsp3) is 0.571. The summed E-state index contributed by atoms with van der Waals surface area (Å²) in [6.07, 6.45) is 0. The van der Waals surface area contributed by atoms with Gasteiger partial charge in [0.05, 0.1) is 10.2 Å². The molecule has 0 aliphatic carbocycles. The highest BCUT2D eigenvalue weighted by Gasteiger charge is 2.04. The van der Waals surface area contributed by atoms with Crippen LogP contribution in [0.15, 0.2) is 0 Å². The minimum absolute atomic E-state index is 0.943. The topological polar surface area (TPSA) is 17.8 Å². The van der Waals surface area contributed by atoms with E-state index in [-0.39, 0.29) is 0 Å². The molecule has 0 N–H and O–H groups in total. The van der Waals surface area contributed by atoms with Crippen molar-refractivity contribution in [1.29, 1.82) is 0 Å². The van der Waals surface area contributed by atoms with Crippen LogP contribution < -0.4 is 0 Å². The highest BCUT2D eigenvalue weighted by atomic mass is 127. The summed E-state index contributed by atoms with van der Waals surface area (Å²) in [5, 5.41) is 4.34. The van der Waals surface area contributed by atoms with Crippen LogP contribution >= 0.6 is 22.6 Å². The van der Waals surface area contributed by atoms with Crippen LogP contribution in [0.5, 0.6) is 0 Å². The molecule has 0 unspecified atom stereocenters. The van der Waals surface area contributed by atoms with Crippen molar-refractivity contribution in [2.45, 2.75) is 25.3 Å². The Morgan fingerprint density at radius 3 is 2.20 bits per heavy atom. The van der Waals surface area contributed by atoms with E-state index < -0.39 is 0 Å². The molecule has 0 fully saturated rings. The smallest absolute Gasteiger partial charge is 0.0927 e. The van der Waals surface area contributed by atoms with Crippen molar-refractivity contribution < 1.29 is 0 Å². The maximum Gasteiger partial charge on any atom is 0.0927 e. The average molecular weight is 250 g/mol. The standard InChI is InChI=1S/C7H11IN2/c1-5-6(2)9-10(4-8)7(5)3/h4H2,1-3H3. The number of rotatable bonds is 1. The van der Waals surface area contributed by atoms with E-state index in [1.165, 1.54) is 11.3 Å². The fourth-order valence-electron chi connectivity index (χ4n) is 0.903. The molecule has 1 aromatic rings. The van der Waals surface area contributed by atoms with Gasteiger partial charge in [0.2, 0.25) is 0 Å². The normalized spacial score (nSPS) is 10.4. The number of halogens is 1. The number of aryl methyl sites for hydroxylation is 1. The molecule has 1 rings (SSSR count). The Kier molecular flexibility index (Phi) is 2.33. The van der Waals surface area contributed by atoms with Gasteiger partial charge in [0.15, 0.2) is 0 Å². The minimum atomic E-state index is 0.943. The number of nitrogens with zero attached hydrogens (tertiary/aromatic N) is 2. The molecule has 0 saturated carbocycles. The molecule has 0 aliphatic heterocycles. The molecule has 0 spiro atoms. The monoisotopic (exact) mass is 250 g/mol. The van der Waals surface area contributed by atoms with E-state index in [9.17, 15) is 0 Å². The van der Waals surface area contributed by atoms with Gasteiger partial charge in [-0.25, -0.2) is 0 Å². The molecule has 1 aromatic heterocycles. The Bertz CT molecular complexity index is 240. The van der Waals surface area contributed by atoms with E-state index in [4.69, 9.17) is 0 Å². The molecule has 0 aromatic carbocycles. The van der Waals surface area contributed by atoms with Crippen LogP contribution in [0, 0.1) is 20.8 Å². The second kappa shape index (κ2) is 2.90. The van der Waals surface area contributed by atoms with Gasteiger partial charge in [-0.3, -0.25) is 4.68 Å². The third kappa shape index (κ3) is 1.19. The van der Waals surface area contributed by atoms with Gasteiger partial charge in [-0.05, 0) is 26.3 Å². The molecular weight excluding hydrogens is 239 g/mol. The summed E-state index contributed by atoms with van der Waals surface area (Å²) < 4.78 is 2.96. The van der Waals surface area contributed by atoms with Gasteiger partial charge in [0, 0.05) is 5.69 Å². The van der Waals surface area contributed by atoms with Crippen LogP contribution in [0.2, 0.25) is 0 Å². The summed E-state index contributed by atoms with van der Waals surface area (Å²) >= 11 is 2.31. The van der Waals surface area contributed by atoms with Crippen molar-refractivity contribution in [1.82, 2.24) is 9.78 Å². The second-order valence-corrected chi connectivity index (χ2v) is 3.10. The molecule has 1 heterocycles. The Labute approximate surface area is 74.8 Å². The molecule has 0 radical (unpaired) electrons. The van der Waals surface area contributed by atoms with E-state index in [2.05, 4.69) is 41.5 Å². The highest BCUT2D eigenvalue weighted by Crippen LogP contribution is 2.11. The van der Waals surface area contributed by atoms with Gasteiger partial charge >= 0.3 is 0 Å². The maximum absolute atomic E-state index is 4.34. The van der Waals surface area contributed by atoms with Gasteiger partial charge in [-0.1, -0.05) is 22.6 Å². The largest absolute Gasteiger partial charge is 0.260 e. The Morgan fingerprint density at radius 2 is 2.00 bits per heavy atom. The molecule has 2 nitrogen and oxygen atoms in total. The molecule has 10 heavy (non-hydrogen) atoms. The van der Waals surface area contributed by atoms with Crippen molar-refractivity contribution in [2.24, 2.45) is 0 Å². The Balaban J connectivity index is 3.17. The van der Waals surface area contributed by atoms with Crippen LogP contribution in [-0.2, 0) is 4.55 Å². The summed E-state index contributed by atoms with van der Waals surface area (Å²) in [5.74, 6) is 0. The number of hydrogen-bond acceptors (Lipinski definition) is 1. The van der Waals surface area contributed by atoms with Crippen LogP contribution in [-0.4, -0.2) is 9.78 Å². The van der Waals surface area contributed by atoms with Crippen molar-refractivity contribution >= 4 is 22.6 Å². The van der Waals surface area contributed by atoms with E-state index in [1.807, 2.05) is 11.6 Å². The zero-order valence-electron chi connectivity index (χ0n) is 6.48. The number of aromatic nitrogens is 2. The van der Waals surface area contributed by atoms with Crippen molar-refractivity contribution in [3.8, 4) is 0 Å². The van der Waals surface area contributed by atoms with Crippen LogP contribution in [0.4, 0.5) is 0 Å². The van der Waals surface area contributed by atoms with Crippen LogP contribution in [0.3, 0.4) is 0 Å². The zero-order chi connectivity index (χ0) is 7.72. The zero-order valence-corrected chi connectivity index (χ0v) is 8.64. The summed E-state index contributed by atoms with van der Waals surface area (Å²) in [6.45, 7) is 6.26. The number of alkyl halides is 1. The van der Waals surface area contributed by atoms with Gasteiger partial charge in [0.25, 0.3) is 0 Å². The summed E-state index contributed by atoms with van der Waals surface area (Å²) in [4.78, 5) is 0. The van der Waals surface area contributed by atoms with E-state index in [1.54, 1.807) is 0 Å². The third-order valence-corrected chi connectivity index (χ3v) is 2.50. The van der Waals surface area contributed by atoms with Gasteiger partial charge < -0.3 is 0 Å². The third-order valence-electron chi connectivity index (χ3n) is 1.86. The summed E-state index contributed by atoms with van der Waals surface area (Å²) in [7, 11) is 0. The molecule has 0 saturated heterocycles. The van der Waals surface area contributed by atoms with Crippen LogP contribution in [0.1, 0.15) is 17.0 Å². The highest BCUT2D eigenvalue weighted by molar-refractivity contribution is 14.1. The lowest BCUT2D eigenvalue weighted by molar-refractivity contribution is 0.731. The molecule has 0 amide bonds. The van der Waals surface area contributed by atoms with Gasteiger partial charge in [-0.2, -0.15) is 5.10 Å². The first-order chi connectivity index (χ1) is 4.66. The second-order valence-electron chi connectivity index (χ2n) is 2.41. The molecular formula is C7H11IN2. The van der Waals surface area contributed by atoms with Gasteiger partial charge in [0.1, 0.15) is 0 Å². The fourth-order valence-corrected chi connectivity index (χ4v) is 1.57. The predicted octanol–water partition coefficient (Wildman–Crippen LogP) is 2.20. The van der Waals surface area contributed by atoms with E-state index in [0.29, 0.717) is 0 Å². The first-order valence-corrected chi connectivity index (χ1v) is 4.76. The van der Waals surface area contributed by atoms with Gasteiger partial charge in [-0.15, -0.1) is 0 Å². The lowest BCUT2D eigenvalue weighted by Gasteiger charge is -1.95. The number of hydrogen-bond donors (Lipinski definition) is 0. The molecule has 56 valence electrons. The SMILES string of the molecule is Cc1nn(CI)c(C)c1C. The molecule has 0 atom stereocenters. The molecule has 3 heteroatoms. The van der Waals surface area contributed by atoms with E-state index >= 15 is 0 Å². The lowest BCUT2D eigenvalue weighted by atomic mass is 10.2. The summed E-state index contributed by atoms with van der Waals surface area (Å²) in [6, 6.07) is 0. The lowest BCUT2D eigenvalue weighted by Crippen LogP contribution is -1.96. The molecule has 0 aliphatic rings. The average Bonchev–Trinajstić information content (AvgIpc) is 2.17.